The van der Waals surface area contributed by atoms with Crippen LogP contribution in [0.4, 0.5) is 0 Å². The van der Waals surface area contributed by atoms with E-state index < -0.39 is 10.0 Å². The third-order valence-electron chi connectivity index (χ3n) is 4.20. The Bertz CT molecular complexity index is 833. The van der Waals surface area contributed by atoms with Crippen LogP contribution < -0.4 is 15.2 Å². The molecule has 23 heavy (non-hydrogen) atoms. The number of fused-ring (bicyclic) bond motifs is 1. The number of nitrogens with one attached hydrogen (secondary N) is 1. The first-order valence-corrected chi connectivity index (χ1v) is 8.91. The molecule has 0 saturated carbocycles. The molecule has 122 valence electrons. The highest BCUT2D eigenvalue weighted by atomic mass is 32.2. The van der Waals surface area contributed by atoms with E-state index in [9.17, 15) is 8.42 Å². The molecule has 0 spiro atoms. The van der Waals surface area contributed by atoms with Crippen molar-refractivity contribution in [3.63, 3.8) is 0 Å². The molecule has 2 aromatic carbocycles. The highest BCUT2D eigenvalue weighted by molar-refractivity contribution is 7.89. The lowest BCUT2D eigenvalue weighted by molar-refractivity contribution is 0.401. The van der Waals surface area contributed by atoms with Gasteiger partial charge in [-0.2, -0.15) is 0 Å². The average Bonchev–Trinajstić information content (AvgIpc) is 2.83. The van der Waals surface area contributed by atoms with Gasteiger partial charge in [-0.05, 0) is 42.2 Å². The number of nitrogens with two attached hydrogens (primary N) is 1. The molecule has 6 heteroatoms. The van der Waals surface area contributed by atoms with Crippen molar-refractivity contribution in [1.29, 1.82) is 0 Å². The van der Waals surface area contributed by atoms with Gasteiger partial charge in [0.05, 0.1) is 7.11 Å². The Morgan fingerprint density at radius 3 is 2.65 bits per heavy atom. The molecule has 0 fully saturated rings. The normalized spacial score (nSPS) is 20.3. The van der Waals surface area contributed by atoms with Crippen molar-refractivity contribution in [3.8, 4) is 5.75 Å². The smallest absolute Gasteiger partial charge is 0.244 e. The Hall–Kier alpha value is -1.89. The first-order valence-electron chi connectivity index (χ1n) is 7.43. The molecule has 0 aromatic heterocycles. The number of methoxy groups -OCH3 is 1. The molecule has 1 aliphatic carbocycles. The second-order valence-corrected chi connectivity index (χ2v) is 7.49. The number of aryl methyl sites for hydroxylation is 1. The van der Waals surface area contributed by atoms with Crippen LogP contribution in [0.5, 0.6) is 5.75 Å². The van der Waals surface area contributed by atoms with Crippen molar-refractivity contribution in [1.82, 2.24) is 4.72 Å². The molecule has 1 aliphatic rings. The zero-order valence-electron chi connectivity index (χ0n) is 13.1. The third-order valence-corrected chi connectivity index (χ3v) is 5.71. The van der Waals surface area contributed by atoms with Crippen LogP contribution in [0, 0.1) is 6.92 Å². The summed E-state index contributed by atoms with van der Waals surface area (Å²) in [6.07, 6.45) is 0.588. The fourth-order valence-corrected chi connectivity index (χ4v) is 4.51. The van der Waals surface area contributed by atoms with Crippen molar-refractivity contribution in [3.05, 3.63) is 59.2 Å². The van der Waals surface area contributed by atoms with Crippen LogP contribution in [-0.4, -0.2) is 21.6 Å². The summed E-state index contributed by atoms with van der Waals surface area (Å²) in [6.45, 7) is 1.84. The maximum absolute atomic E-state index is 12.8. The predicted octanol–water partition coefficient (Wildman–Crippen LogP) is 1.91. The minimum atomic E-state index is -3.71. The summed E-state index contributed by atoms with van der Waals surface area (Å²) in [5, 5.41) is 0. The Kier molecular flexibility index (Phi) is 4.14. The SMILES string of the molecule is COc1ccc(C)cc1S(=O)(=O)N[C@@H]1Cc2ccccc2[C@H]1N. The van der Waals surface area contributed by atoms with E-state index in [0.29, 0.717) is 12.2 Å². The molecular formula is C17H20N2O3S. The largest absolute Gasteiger partial charge is 0.495 e. The number of hydrogen-bond donors (Lipinski definition) is 2. The monoisotopic (exact) mass is 332 g/mol. The van der Waals surface area contributed by atoms with Gasteiger partial charge in [0.2, 0.25) is 10.0 Å². The Morgan fingerprint density at radius 1 is 1.22 bits per heavy atom. The molecule has 5 nitrogen and oxygen atoms in total. The molecule has 0 amide bonds. The summed E-state index contributed by atoms with van der Waals surface area (Å²) in [5.74, 6) is 0.326. The molecule has 0 aliphatic heterocycles. The molecule has 0 bridgehead atoms. The van der Waals surface area contributed by atoms with E-state index >= 15 is 0 Å². The van der Waals surface area contributed by atoms with Crippen LogP contribution in [0.2, 0.25) is 0 Å². The van der Waals surface area contributed by atoms with Crippen molar-refractivity contribution in [2.45, 2.75) is 30.3 Å². The Labute approximate surface area is 136 Å². The number of ether oxygens (including phenoxy) is 1. The summed E-state index contributed by atoms with van der Waals surface area (Å²) >= 11 is 0. The standard InChI is InChI=1S/C17H20N2O3S/c1-11-7-8-15(22-2)16(9-11)23(20,21)19-14-10-12-5-3-4-6-13(12)17(14)18/h3-9,14,17,19H,10,18H2,1-2H3/t14-,17-/m1/s1. The summed E-state index contributed by atoms with van der Waals surface area (Å²) in [7, 11) is -2.26. The Morgan fingerprint density at radius 2 is 1.96 bits per heavy atom. The highest BCUT2D eigenvalue weighted by Gasteiger charge is 2.33. The van der Waals surface area contributed by atoms with Gasteiger partial charge in [0, 0.05) is 12.1 Å². The van der Waals surface area contributed by atoms with Crippen LogP contribution in [0.3, 0.4) is 0 Å². The van der Waals surface area contributed by atoms with Crippen molar-refractivity contribution < 1.29 is 13.2 Å². The molecule has 2 aromatic rings. The molecular weight excluding hydrogens is 312 g/mol. The second kappa shape index (κ2) is 5.96. The van der Waals surface area contributed by atoms with Crippen LogP contribution in [-0.2, 0) is 16.4 Å². The summed E-state index contributed by atoms with van der Waals surface area (Å²) in [6, 6.07) is 12.2. The zero-order valence-corrected chi connectivity index (χ0v) is 13.9. The van der Waals surface area contributed by atoms with Gasteiger partial charge in [0.25, 0.3) is 0 Å². The van der Waals surface area contributed by atoms with Crippen LogP contribution in [0.25, 0.3) is 0 Å². The molecule has 2 atom stereocenters. The van der Waals surface area contributed by atoms with Gasteiger partial charge < -0.3 is 10.5 Å². The molecule has 0 heterocycles. The zero-order chi connectivity index (χ0) is 16.6. The molecule has 3 rings (SSSR count). The van der Waals surface area contributed by atoms with Crippen LogP contribution in [0.1, 0.15) is 22.7 Å². The molecule has 3 N–H and O–H groups in total. The number of sulfonamides is 1. The van der Waals surface area contributed by atoms with Crippen molar-refractivity contribution in [2.75, 3.05) is 7.11 Å². The molecule has 0 unspecified atom stereocenters. The van der Waals surface area contributed by atoms with E-state index in [-0.39, 0.29) is 17.0 Å². The first-order chi connectivity index (χ1) is 10.9. The summed E-state index contributed by atoms with van der Waals surface area (Å²) in [5.41, 5.74) is 9.15. The summed E-state index contributed by atoms with van der Waals surface area (Å²) < 4.78 is 33.5. The van der Waals surface area contributed by atoms with E-state index in [1.54, 1.807) is 12.1 Å². The molecule has 0 radical (unpaired) electrons. The van der Waals surface area contributed by atoms with E-state index in [0.717, 1.165) is 16.7 Å². The van der Waals surface area contributed by atoms with Gasteiger partial charge >= 0.3 is 0 Å². The Balaban J connectivity index is 1.90. The number of rotatable bonds is 4. The lowest BCUT2D eigenvalue weighted by Gasteiger charge is -2.19. The second-order valence-electron chi connectivity index (χ2n) is 5.81. The van der Waals surface area contributed by atoms with Gasteiger partial charge in [0.1, 0.15) is 10.6 Å². The minimum Gasteiger partial charge on any atom is -0.495 e. The summed E-state index contributed by atoms with van der Waals surface area (Å²) in [4.78, 5) is 0.142. The van der Waals surface area contributed by atoms with E-state index in [1.807, 2.05) is 37.3 Å². The fraction of sp³-hybridized carbons (Fsp3) is 0.294. The number of hydrogen-bond acceptors (Lipinski definition) is 4. The first kappa shape index (κ1) is 16.0. The topological polar surface area (TPSA) is 81.4 Å². The van der Waals surface area contributed by atoms with Gasteiger partial charge in [-0.25, -0.2) is 13.1 Å². The third kappa shape index (κ3) is 2.97. The van der Waals surface area contributed by atoms with E-state index in [4.69, 9.17) is 10.5 Å². The number of benzene rings is 2. The lowest BCUT2D eigenvalue weighted by atomic mass is 10.1. The highest BCUT2D eigenvalue weighted by Crippen LogP contribution is 2.31. The maximum atomic E-state index is 12.8. The van der Waals surface area contributed by atoms with E-state index in [1.165, 1.54) is 7.11 Å². The van der Waals surface area contributed by atoms with Crippen molar-refractivity contribution >= 4 is 10.0 Å². The van der Waals surface area contributed by atoms with Gasteiger partial charge in [-0.15, -0.1) is 0 Å². The van der Waals surface area contributed by atoms with Gasteiger partial charge in [-0.3, -0.25) is 0 Å². The molecule has 0 saturated heterocycles. The van der Waals surface area contributed by atoms with E-state index in [2.05, 4.69) is 4.72 Å². The lowest BCUT2D eigenvalue weighted by Crippen LogP contribution is -2.40. The fourth-order valence-electron chi connectivity index (χ4n) is 3.00. The van der Waals surface area contributed by atoms with Crippen LogP contribution in [0.15, 0.2) is 47.4 Å². The minimum absolute atomic E-state index is 0.142. The van der Waals surface area contributed by atoms with Crippen molar-refractivity contribution in [2.24, 2.45) is 5.73 Å². The quantitative estimate of drug-likeness (QED) is 0.896. The van der Waals surface area contributed by atoms with Crippen LogP contribution >= 0.6 is 0 Å². The van der Waals surface area contributed by atoms with Gasteiger partial charge in [0.15, 0.2) is 0 Å². The predicted molar refractivity (Wildman–Crippen MR) is 88.9 cm³/mol. The van der Waals surface area contributed by atoms with Gasteiger partial charge in [-0.1, -0.05) is 30.3 Å². The average molecular weight is 332 g/mol. The maximum Gasteiger partial charge on any atom is 0.244 e.